The number of nitrogens with one attached hydrogen (secondary N) is 4. The minimum atomic E-state index is -1.38. The van der Waals surface area contributed by atoms with Crippen LogP contribution in [0.2, 0.25) is 0 Å². The summed E-state index contributed by atoms with van der Waals surface area (Å²) in [6.45, 7) is 16.9. The molecule has 1 spiro atoms. The Morgan fingerprint density at radius 3 is 1.01 bits per heavy atom. The van der Waals surface area contributed by atoms with E-state index in [9.17, 15) is 19.2 Å². The van der Waals surface area contributed by atoms with Crippen LogP contribution in [0.3, 0.4) is 0 Å². The lowest BCUT2D eigenvalue weighted by Crippen LogP contribution is -2.71. The first-order chi connectivity index (χ1) is 42.6. The van der Waals surface area contributed by atoms with E-state index in [1.807, 2.05) is 72.8 Å². The summed E-state index contributed by atoms with van der Waals surface area (Å²) in [5, 5.41) is 15.3. The van der Waals surface area contributed by atoms with Gasteiger partial charge in [-0.2, -0.15) is 9.13 Å². The van der Waals surface area contributed by atoms with Crippen molar-refractivity contribution in [2.45, 2.75) is 87.0 Å². The van der Waals surface area contributed by atoms with E-state index in [0.29, 0.717) is 56.9 Å². The van der Waals surface area contributed by atoms with Crippen LogP contribution in [0.4, 0.5) is 22.7 Å². The minimum absolute atomic E-state index is 0.0876. The molecule has 10 aliphatic rings. The number of carbonyl (C=O) groups is 4. The number of rotatable bonds is 16. The maximum atomic E-state index is 14.7. The van der Waals surface area contributed by atoms with Crippen molar-refractivity contribution < 1.29 is 47.3 Å². The number of allylic oxidation sites excluding steroid dienone is 4. The molecular weight excluding hydrogens is 1120 g/mol. The smallest absolute Gasteiger partial charge is 0.496 e. The van der Waals surface area contributed by atoms with E-state index in [-0.39, 0.29) is 69.0 Å². The Bertz CT molecular complexity index is 4530. The van der Waals surface area contributed by atoms with E-state index in [1.54, 1.807) is 28.4 Å². The fourth-order valence-electron chi connectivity index (χ4n) is 15.5. The molecule has 4 saturated carbocycles. The highest BCUT2D eigenvalue weighted by Gasteiger charge is 2.74. The predicted molar refractivity (Wildman–Crippen MR) is 341 cm³/mol. The average Bonchev–Trinajstić information content (AvgIpc) is 1.56. The standard InChI is InChI=1S/C73H70N8O8/c1-69(2)33-37(69)65(82)74-41-17-13-18-42(75-66(83)38-34-70(38,3)4)57(41)59-45-25-29-49-61(63-53(86-9)21-15-22-54(63)87-10)51-31-27-47-60(58-43(76-67(84)39-35-71(39,5)6)19-14-20-44(58)77-68(85)40-36-72(40,7)8)48-28-32-52-62(64-55(88-11)23-16-24-56(64)89-12)50-30-26-46(59)79(50)73(78(45)49,80(47)51)81(48)52/h13-32,37-40H,33-36H2,1-12H3,(H2-,74,75,76,77,82,83,84,85)/p+2. The minimum Gasteiger partial charge on any atom is -0.496 e. The summed E-state index contributed by atoms with van der Waals surface area (Å²) < 4.78 is 35.0. The molecule has 8 heterocycles. The SMILES string of the molecule is COc1cccc(OC)c1C1=C2C=CC3=[N+]2C24n5c(ccc51)C(c1c(NC(=O)C5CC5(C)C)cccc1NC(=O)C1CC1(C)C)=C1C=CC(=[N+]12)C(c1c(OC)cccc1OC)=c1ccc(n14)=C3c1c(NC(=O)C2CC2(C)C)cccc1NC(=O)C1CC1(C)C. The van der Waals surface area contributed by atoms with Gasteiger partial charge in [-0.25, -0.2) is 0 Å². The van der Waals surface area contributed by atoms with Gasteiger partial charge in [-0.3, -0.25) is 19.2 Å². The van der Waals surface area contributed by atoms with Gasteiger partial charge in [0.25, 0.3) is 0 Å². The summed E-state index contributed by atoms with van der Waals surface area (Å²) in [6.07, 6.45) is 11.6. The van der Waals surface area contributed by atoms with Crippen molar-refractivity contribution in [1.82, 2.24) is 9.13 Å². The Balaban J connectivity index is 1.07. The summed E-state index contributed by atoms with van der Waals surface area (Å²) >= 11 is 0. The fourth-order valence-corrected chi connectivity index (χ4v) is 15.5. The number of carbonyl (C=O) groups excluding carboxylic acids is 4. The topological polar surface area (TPSA) is 169 Å². The van der Waals surface area contributed by atoms with Crippen molar-refractivity contribution in [2.75, 3.05) is 49.7 Å². The zero-order valence-corrected chi connectivity index (χ0v) is 52.2. The normalized spacial score (nSPS) is 24.3. The van der Waals surface area contributed by atoms with Gasteiger partial charge in [0.2, 0.25) is 46.4 Å². The van der Waals surface area contributed by atoms with Crippen LogP contribution in [0.25, 0.3) is 22.3 Å². The van der Waals surface area contributed by atoms with Gasteiger partial charge in [0.05, 0.1) is 107 Å². The molecule has 5 unspecified atom stereocenters. The second kappa shape index (κ2) is 18.3. The molecule has 16 nitrogen and oxygen atoms in total. The van der Waals surface area contributed by atoms with Crippen molar-refractivity contribution in [2.24, 2.45) is 45.3 Å². The lowest BCUT2D eigenvalue weighted by molar-refractivity contribution is -0.834. The molecule has 4 aromatic carbocycles. The summed E-state index contributed by atoms with van der Waals surface area (Å²) in [5.74, 6) is -0.225. The van der Waals surface area contributed by atoms with Gasteiger partial charge in [-0.15, -0.1) is 0 Å². The predicted octanol–water partition coefficient (Wildman–Crippen LogP) is 10.4. The van der Waals surface area contributed by atoms with Crippen molar-refractivity contribution in [3.05, 3.63) is 177 Å². The molecule has 6 aliphatic heterocycles. The number of ether oxygens (including phenoxy) is 4. The Labute approximate surface area is 516 Å². The largest absolute Gasteiger partial charge is 0.553 e. The fraction of sp³-hybridized carbons (Fsp3) is 0.342. The van der Waals surface area contributed by atoms with Crippen LogP contribution in [0, 0.1) is 45.3 Å². The van der Waals surface area contributed by atoms with E-state index < -0.39 is 5.91 Å². The number of anilines is 4. The molecular formula is C73H72N8O8+2. The summed E-state index contributed by atoms with van der Waals surface area (Å²) in [7, 11) is 6.68. The van der Waals surface area contributed by atoms with Gasteiger partial charge in [-0.1, -0.05) is 88.8 Å². The highest BCUT2D eigenvalue weighted by atomic mass is 16.5. The van der Waals surface area contributed by atoms with E-state index in [0.717, 1.165) is 104 Å². The van der Waals surface area contributed by atoms with Crippen LogP contribution in [0.15, 0.2) is 133 Å². The van der Waals surface area contributed by atoms with Crippen LogP contribution >= 0.6 is 0 Å². The van der Waals surface area contributed by atoms with Crippen LogP contribution < -0.4 is 50.9 Å². The van der Waals surface area contributed by atoms with Gasteiger partial charge in [0.15, 0.2) is 0 Å². The lowest BCUT2D eigenvalue weighted by Gasteiger charge is -2.41. The molecule has 4 N–H and O–H groups in total. The number of nitrogens with zero attached hydrogens (tertiary/aromatic N) is 4. The van der Waals surface area contributed by atoms with Crippen molar-refractivity contribution in [3.63, 3.8) is 0 Å². The number of hydrogen-bond donors (Lipinski definition) is 4. The van der Waals surface area contributed by atoms with Crippen LogP contribution in [-0.4, -0.2) is 81.8 Å². The molecule has 0 bridgehead atoms. The summed E-state index contributed by atoms with van der Waals surface area (Å²) in [5.41, 5.74) is 12.2. The highest BCUT2D eigenvalue weighted by molar-refractivity contribution is 6.32. The van der Waals surface area contributed by atoms with Gasteiger partial charge < -0.3 is 40.2 Å². The van der Waals surface area contributed by atoms with Gasteiger partial charge >= 0.3 is 5.91 Å². The van der Waals surface area contributed by atoms with E-state index in [1.165, 1.54) is 0 Å². The maximum absolute atomic E-state index is 14.7. The summed E-state index contributed by atoms with van der Waals surface area (Å²) in [6, 6.07) is 31.8. The first-order valence-corrected chi connectivity index (χ1v) is 30.9. The molecule has 2 aromatic heterocycles. The molecule has 0 radical (unpaired) electrons. The molecule has 450 valence electrons. The number of aromatic nitrogens is 2. The Morgan fingerprint density at radius 1 is 0.393 bits per heavy atom. The maximum Gasteiger partial charge on any atom is 0.553 e. The van der Waals surface area contributed by atoms with Crippen molar-refractivity contribution in [1.29, 1.82) is 0 Å². The van der Waals surface area contributed by atoms with Gasteiger partial charge in [0, 0.05) is 59.1 Å². The number of benzene rings is 4. The van der Waals surface area contributed by atoms with Crippen molar-refractivity contribution >= 4 is 80.1 Å². The molecule has 0 saturated heterocycles. The Kier molecular flexibility index (Phi) is 11.3. The molecule has 5 atom stereocenters. The molecule has 4 aliphatic carbocycles. The highest BCUT2D eigenvalue weighted by Crippen LogP contribution is 2.60. The Hall–Kier alpha value is -9.44. The van der Waals surface area contributed by atoms with E-state index in [4.69, 9.17) is 18.9 Å². The molecule has 89 heavy (non-hydrogen) atoms. The lowest BCUT2D eigenvalue weighted by atomic mass is 9.90. The van der Waals surface area contributed by atoms with E-state index >= 15 is 0 Å². The monoisotopic (exact) mass is 1190 g/mol. The van der Waals surface area contributed by atoms with Crippen LogP contribution in [-0.2, 0) is 25.1 Å². The second-order valence-electron chi connectivity index (χ2n) is 28.3. The molecule has 4 fully saturated rings. The third kappa shape index (κ3) is 7.57. The zero-order chi connectivity index (χ0) is 61.9. The first kappa shape index (κ1) is 54.9. The van der Waals surface area contributed by atoms with Crippen LogP contribution in [0.1, 0.15) is 115 Å². The number of methoxy groups -OCH3 is 4. The van der Waals surface area contributed by atoms with Gasteiger partial charge in [-0.05, 0) is 120 Å². The average molecular weight is 1190 g/mol. The Morgan fingerprint density at radius 2 is 0.685 bits per heavy atom. The first-order valence-electron chi connectivity index (χ1n) is 30.9. The van der Waals surface area contributed by atoms with Crippen LogP contribution in [0.5, 0.6) is 23.0 Å². The third-order valence-corrected chi connectivity index (χ3v) is 21.1. The quantitative estimate of drug-likeness (QED) is 0.0695. The van der Waals surface area contributed by atoms with E-state index in [2.05, 4.69) is 144 Å². The molecule has 6 aromatic rings. The molecule has 4 amide bonds. The zero-order valence-electron chi connectivity index (χ0n) is 52.2. The molecule has 16 rings (SSSR count). The van der Waals surface area contributed by atoms with Crippen molar-refractivity contribution in [3.8, 4) is 23.0 Å². The van der Waals surface area contributed by atoms with Gasteiger partial charge in [0.1, 0.15) is 23.0 Å². The number of hydrogen-bond acceptors (Lipinski definition) is 8. The number of amides is 4. The second-order valence-corrected chi connectivity index (χ2v) is 28.3. The third-order valence-electron chi connectivity index (χ3n) is 21.1. The molecule has 16 heteroatoms. The summed E-state index contributed by atoms with van der Waals surface area (Å²) in [4.78, 5) is 58.8.